The van der Waals surface area contributed by atoms with E-state index in [-0.39, 0.29) is 11.9 Å². The van der Waals surface area contributed by atoms with Crippen LogP contribution in [0.1, 0.15) is 12.5 Å². The highest BCUT2D eigenvalue weighted by Crippen LogP contribution is 2.27. The van der Waals surface area contributed by atoms with E-state index in [9.17, 15) is 9.59 Å². The molecule has 0 aromatic heterocycles. The van der Waals surface area contributed by atoms with E-state index in [1.165, 1.54) is 6.92 Å². The van der Waals surface area contributed by atoms with Crippen LogP contribution < -0.4 is 25.4 Å². The minimum atomic E-state index is -0.352. The Kier molecular flexibility index (Phi) is 6.22. The van der Waals surface area contributed by atoms with Crippen LogP contribution >= 0.6 is 0 Å². The van der Waals surface area contributed by atoms with Crippen LogP contribution in [0.5, 0.6) is 11.5 Å². The Bertz CT molecular complexity index is 762. The van der Waals surface area contributed by atoms with Crippen LogP contribution in [0.3, 0.4) is 0 Å². The molecule has 0 saturated carbocycles. The number of hydrogen-bond acceptors (Lipinski definition) is 4. The highest BCUT2D eigenvalue weighted by Gasteiger charge is 2.07. The Hall–Kier alpha value is -3.22. The second kappa shape index (κ2) is 8.58. The Morgan fingerprint density at radius 2 is 1.60 bits per heavy atom. The van der Waals surface area contributed by atoms with Gasteiger partial charge in [-0.05, 0) is 35.9 Å². The van der Waals surface area contributed by atoms with Gasteiger partial charge < -0.3 is 25.4 Å². The summed E-state index contributed by atoms with van der Waals surface area (Å²) in [4.78, 5) is 23.1. The number of methoxy groups -OCH3 is 2. The molecule has 0 aliphatic carbocycles. The fourth-order valence-electron chi connectivity index (χ4n) is 2.23. The van der Waals surface area contributed by atoms with Crippen molar-refractivity contribution in [2.45, 2.75) is 13.5 Å². The average molecular weight is 343 g/mol. The van der Waals surface area contributed by atoms with Gasteiger partial charge in [0.05, 0.1) is 14.2 Å². The summed E-state index contributed by atoms with van der Waals surface area (Å²) in [7, 11) is 3.13. The number of ether oxygens (including phenoxy) is 2. The summed E-state index contributed by atoms with van der Waals surface area (Å²) in [6.07, 6.45) is 0. The van der Waals surface area contributed by atoms with E-state index >= 15 is 0 Å². The van der Waals surface area contributed by atoms with Gasteiger partial charge in [-0.2, -0.15) is 0 Å². The lowest BCUT2D eigenvalue weighted by molar-refractivity contribution is -0.114. The first-order valence-corrected chi connectivity index (χ1v) is 7.65. The molecule has 0 unspecified atom stereocenters. The minimum Gasteiger partial charge on any atom is -0.493 e. The van der Waals surface area contributed by atoms with Gasteiger partial charge in [0.15, 0.2) is 11.5 Å². The molecule has 0 fully saturated rings. The number of nitrogens with one attached hydrogen (secondary N) is 3. The second-order valence-electron chi connectivity index (χ2n) is 5.26. The summed E-state index contributed by atoms with van der Waals surface area (Å²) < 4.78 is 10.4. The second-order valence-corrected chi connectivity index (χ2v) is 5.26. The number of carbonyl (C=O) groups excluding carboxylic acids is 2. The van der Waals surface area contributed by atoms with Gasteiger partial charge in [0.1, 0.15) is 0 Å². The Morgan fingerprint density at radius 1 is 0.920 bits per heavy atom. The topological polar surface area (TPSA) is 88.7 Å². The molecular formula is C18H21N3O4. The summed E-state index contributed by atoms with van der Waals surface area (Å²) in [5, 5.41) is 8.15. The van der Waals surface area contributed by atoms with Gasteiger partial charge in [-0.1, -0.05) is 12.1 Å². The third-order valence-electron chi connectivity index (χ3n) is 3.34. The number of rotatable bonds is 6. The van der Waals surface area contributed by atoms with Crippen molar-refractivity contribution in [3.8, 4) is 11.5 Å². The Balaban J connectivity index is 1.93. The fourth-order valence-corrected chi connectivity index (χ4v) is 2.23. The lowest BCUT2D eigenvalue weighted by atomic mass is 10.2. The van der Waals surface area contributed by atoms with Crippen LogP contribution in [0.15, 0.2) is 42.5 Å². The number of benzene rings is 2. The van der Waals surface area contributed by atoms with Crippen molar-refractivity contribution >= 4 is 23.3 Å². The van der Waals surface area contributed by atoms with E-state index in [1.54, 1.807) is 50.6 Å². The quantitative estimate of drug-likeness (QED) is 0.752. The first-order valence-electron chi connectivity index (χ1n) is 7.65. The molecular weight excluding hydrogens is 322 g/mol. The number of urea groups is 1. The van der Waals surface area contributed by atoms with E-state index < -0.39 is 0 Å². The normalized spacial score (nSPS) is 9.88. The molecule has 7 heteroatoms. The largest absolute Gasteiger partial charge is 0.493 e. The highest BCUT2D eigenvalue weighted by atomic mass is 16.5. The molecule has 0 saturated heterocycles. The lowest BCUT2D eigenvalue weighted by Crippen LogP contribution is -2.28. The summed E-state index contributed by atoms with van der Waals surface area (Å²) in [6, 6.07) is 12.0. The molecule has 2 rings (SSSR count). The molecule has 0 bridgehead atoms. The molecule has 0 heterocycles. The highest BCUT2D eigenvalue weighted by molar-refractivity contribution is 5.92. The zero-order valence-corrected chi connectivity index (χ0v) is 14.4. The van der Waals surface area contributed by atoms with Crippen LogP contribution in [-0.2, 0) is 11.3 Å². The average Bonchev–Trinajstić information content (AvgIpc) is 2.59. The zero-order chi connectivity index (χ0) is 18.2. The summed E-state index contributed by atoms with van der Waals surface area (Å²) in [5.41, 5.74) is 2.07. The molecule has 3 N–H and O–H groups in total. The van der Waals surface area contributed by atoms with Crippen molar-refractivity contribution in [2.75, 3.05) is 24.9 Å². The molecule has 0 radical (unpaired) electrons. The molecule has 25 heavy (non-hydrogen) atoms. The molecule has 2 aromatic rings. The van der Waals surface area contributed by atoms with Gasteiger partial charge in [0, 0.05) is 24.8 Å². The first kappa shape index (κ1) is 18.1. The van der Waals surface area contributed by atoms with Crippen molar-refractivity contribution in [3.63, 3.8) is 0 Å². The third-order valence-corrected chi connectivity index (χ3v) is 3.34. The molecule has 0 aliphatic rings. The summed E-state index contributed by atoms with van der Waals surface area (Å²) in [6.45, 7) is 1.76. The Morgan fingerprint density at radius 3 is 2.24 bits per heavy atom. The van der Waals surface area contributed by atoms with Crippen LogP contribution in [0.4, 0.5) is 16.2 Å². The monoisotopic (exact) mass is 343 g/mol. The van der Waals surface area contributed by atoms with Crippen molar-refractivity contribution in [1.29, 1.82) is 0 Å². The van der Waals surface area contributed by atoms with Crippen molar-refractivity contribution in [1.82, 2.24) is 5.32 Å². The standard InChI is InChI=1S/C18H21N3O4/c1-12(22)20-14-5-4-6-15(10-14)21-18(23)19-11-13-7-8-16(24-2)17(9-13)25-3/h4-10H,11H2,1-3H3,(H,20,22)(H2,19,21,23). The van der Waals surface area contributed by atoms with Gasteiger partial charge in [-0.15, -0.1) is 0 Å². The SMILES string of the molecule is COc1ccc(CNC(=O)Nc2cccc(NC(C)=O)c2)cc1OC. The van der Waals surface area contributed by atoms with E-state index in [0.29, 0.717) is 29.4 Å². The number of carbonyl (C=O) groups is 2. The van der Waals surface area contributed by atoms with Crippen LogP contribution in [0.2, 0.25) is 0 Å². The number of hydrogen-bond donors (Lipinski definition) is 3. The molecule has 0 atom stereocenters. The fraction of sp³-hybridized carbons (Fsp3) is 0.222. The van der Waals surface area contributed by atoms with E-state index in [0.717, 1.165) is 5.56 Å². The van der Waals surface area contributed by atoms with Gasteiger partial charge in [-0.25, -0.2) is 4.79 Å². The molecule has 132 valence electrons. The summed E-state index contributed by atoms with van der Waals surface area (Å²) >= 11 is 0. The molecule has 7 nitrogen and oxygen atoms in total. The predicted molar refractivity (Wildman–Crippen MR) is 96.2 cm³/mol. The molecule has 3 amide bonds. The molecule has 0 aliphatic heterocycles. The van der Waals surface area contributed by atoms with Crippen LogP contribution in [-0.4, -0.2) is 26.2 Å². The lowest BCUT2D eigenvalue weighted by Gasteiger charge is -2.11. The maximum absolute atomic E-state index is 12.0. The van der Waals surface area contributed by atoms with Crippen molar-refractivity contribution < 1.29 is 19.1 Å². The Labute approximate surface area is 146 Å². The molecule has 0 spiro atoms. The van der Waals surface area contributed by atoms with Gasteiger partial charge in [0.25, 0.3) is 0 Å². The predicted octanol–water partition coefficient (Wildman–Crippen LogP) is 2.98. The van der Waals surface area contributed by atoms with E-state index in [1.807, 2.05) is 6.07 Å². The first-order chi connectivity index (χ1) is 12.0. The zero-order valence-electron chi connectivity index (χ0n) is 14.4. The van der Waals surface area contributed by atoms with E-state index in [4.69, 9.17) is 9.47 Å². The van der Waals surface area contributed by atoms with Crippen molar-refractivity contribution in [2.24, 2.45) is 0 Å². The molecule has 2 aromatic carbocycles. The van der Waals surface area contributed by atoms with Crippen LogP contribution in [0, 0.1) is 0 Å². The third kappa shape index (κ3) is 5.42. The number of amides is 3. The summed E-state index contributed by atoms with van der Waals surface area (Å²) in [5.74, 6) is 1.06. The van der Waals surface area contributed by atoms with Gasteiger partial charge in [-0.3, -0.25) is 4.79 Å². The smallest absolute Gasteiger partial charge is 0.319 e. The minimum absolute atomic E-state index is 0.171. The van der Waals surface area contributed by atoms with Crippen molar-refractivity contribution in [3.05, 3.63) is 48.0 Å². The van der Waals surface area contributed by atoms with Crippen LogP contribution in [0.25, 0.3) is 0 Å². The van der Waals surface area contributed by atoms with E-state index in [2.05, 4.69) is 16.0 Å². The van der Waals surface area contributed by atoms with Gasteiger partial charge in [0.2, 0.25) is 5.91 Å². The maximum atomic E-state index is 12.0. The maximum Gasteiger partial charge on any atom is 0.319 e. The number of anilines is 2. The van der Waals surface area contributed by atoms with Gasteiger partial charge >= 0.3 is 6.03 Å².